The van der Waals surface area contributed by atoms with Crippen molar-refractivity contribution in [3.05, 3.63) is 47.0 Å². The molecule has 2 heterocycles. The molecule has 1 aromatic carbocycles. The summed E-state index contributed by atoms with van der Waals surface area (Å²) in [4.78, 5) is 27.9. The van der Waals surface area contributed by atoms with Crippen LogP contribution in [-0.4, -0.2) is 44.1 Å². The van der Waals surface area contributed by atoms with Crippen molar-refractivity contribution in [2.75, 3.05) is 23.3 Å². The molecule has 30 heavy (non-hydrogen) atoms. The Labute approximate surface area is 172 Å². The van der Waals surface area contributed by atoms with Crippen molar-refractivity contribution in [3.8, 4) is 0 Å². The van der Waals surface area contributed by atoms with Gasteiger partial charge in [0.2, 0.25) is 5.91 Å². The first-order chi connectivity index (χ1) is 14.1. The molecular weight excluding hydrogens is 416 g/mol. The van der Waals surface area contributed by atoms with E-state index in [1.165, 1.54) is 6.07 Å². The number of alkyl halides is 2. The molecule has 0 unspecified atom stereocenters. The maximum Gasteiger partial charge on any atom is 0.263 e. The van der Waals surface area contributed by atoms with Crippen LogP contribution in [0.4, 0.5) is 20.2 Å². The standard InChI is InChI=1S/C20H21F2N3O4S/c21-20(22)5-7-24(8-6-20)17-13-15(23-18(26)14-1-2-14)3-4-16(17)19(27)25-9-11-30(28,29)12-10-25/h3-4,9-14H,1-2,5-8H2,(H,23,26). The van der Waals surface area contributed by atoms with Gasteiger partial charge in [0.25, 0.3) is 11.8 Å². The molecule has 1 aliphatic carbocycles. The Morgan fingerprint density at radius 1 is 1.07 bits per heavy atom. The number of piperidine rings is 1. The van der Waals surface area contributed by atoms with Crippen LogP contribution in [0.25, 0.3) is 0 Å². The maximum atomic E-state index is 13.6. The summed E-state index contributed by atoms with van der Waals surface area (Å²) in [7, 11) is -3.49. The van der Waals surface area contributed by atoms with Gasteiger partial charge in [-0.15, -0.1) is 0 Å². The van der Waals surface area contributed by atoms with Gasteiger partial charge < -0.3 is 10.2 Å². The fourth-order valence-electron chi connectivity index (χ4n) is 3.39. The van der Waals surface area contributed by atoms with Gasteiger partial charge in [0, 0.05) is 49.9 Å². The number of sulfone groups is 1. The van der Waals surface area contributed by atoms with E-state index in [1.807, 2.05) is 0 Å². The Morgan fingerprint density at radius 2 is 1.70 bits per heavy atom. The van der Waals surface area contributed by atoms with E-state index >= 15 is 0 Å². The normalized spacial score (nSPS) is 22.1. The first-order valence-corrected chi connectivity index (χ1v) is 11.3. The zero-order valence-electron chi connectivity index (χ0n) is 16.1. The minimum atomic E-state index is -3.49. The molecule has 0 atom stereocenters. The lowest BCUT2D eigenvalue weighted by Gasteiger charge is -2.35. The summed E-state index contributed by atoms with van der Waals surface area (Å²) in [5.74, 6) is -3.35. The number of halogens is 2. The van der Waals surface area contributed by atoms with E-state index in [0.717, 1.165) is 41.0 Å². The van der Waals surface area contributed by atoms with E-state index in [0.29, 0.717) is 11.4 Å². The quantitative estimate of drug-likeness (QED) is 0.782. The number of hydrogen-bond donors (Lipinski definition) is 1. The van der Waals surface area contributed by atoms with Crippen LogP contribution in [0.5, 0.6) is 0 Å². The van der Waals surface area contributed by atoms with E-state index < -0.39 is 21.7 Å². The largest absolute Gasteiger partial charge is 0.370 e. The van der Waals surface area contributed by atoms with E-state index in [1.54, 1.807) is 17.0 Å². The first-order valence-electron chi connectivity index (χ1n) is 9.65. The van der Waals surface area contributed by atoms with E-state index in [2.05, 4.69) is 5.32 Å². The zero-order chi connectivity index (χ0) is 21.5. The summed E-state index contributed by atoms with van der Waals surface area (Å²) in [5.41, 5.74) is 1.15. The fraction of sp³-hybridized carbons (Fsp3) is 0.400. The Hall–Kier alpha value is -2.75. The summed E-state index contributed by atoms with van der Waals surface area (Å²) >= 11 is 0. The van der Waals surface area contributed by atoms with Gasteiger partial charge in [0.15, 0.2) is 9.84 Å². The van der Waals surface area contributed by atoms with E-state index in [4.69, 9.17) is 0 Å². The van der Waals surface area contributed by atoms with Crippen LogP contribution in [0, 0.1) is 5.92 Å². The number of benzene rings is 1. The van der Waals surface area contributed by atoms with Gasteiger partial charge in [-0.2, -0.15) is 0 Å². The molecular formula is C20H21F2N3O4S. The minimum Gasteiger partial charge on any atom is -0.370 e. The highest BCUT2D eigenvalue weighted by Crippen LogP contribution is 2.35. The lowest BCUT2D eigenvalue weighted by Crippen LogP contribution is -2.40. The molecule has 0 bridgehead atoms. The molecule has 2 aliphatic heterocycles. The average Bonchev–Trinajstić information content (AvgIpc) is 3.53. The summed E-state index contributed by atoms with van der Waals surface area (Å²) in [5, 5.41) is 4.64. The lowest BCUT2D eigenvalue weighted by molar-refractivity contribution is -0.117. The number of nitrogens with one attached hydrogen (secondary N) is 1. The van der Waals surface area contributed by atoms with Crippen LogP contribution in [0.2, 0.25) is 0 Å². The third kappa shape index (κ3) is 4.53. The fourth-order valence-corrected chi connectivity index (χ4v) is 4.08. The molecule has 7 nitrogen and oxygen atoms in total. The van der Waals surface area contributed by atoms with E-state index in [-0.39, 0.29) is 43.3 Å². The summed E-state index contributed by atoms with van der Waals surface area (Å²) in [6.07, 6.45) is 3.31. The molecule has 1 saturated heterocycles. The van der Waals surface area contributed by atoms with Crippen LogP contribution in [0.15, 0.2) is 41.4 Å². The zero-order valence-corrected chi connectivity index (χ0v) is 16.9. The Balaban J connectivity index is 1.63. The van der Waals surface area contributed by atoms with Gasteiger partial charge in [-0.1, -0.05) is 0 Å². The highest BCUT2D eigenvalue weighted by Gasteiger charge is 2.35. The van der Waals surface area contributed by atoms with Gasteiger partial charge >= 0.3 is 0 Å². The number of rotatable bonds is 4. The number of hydrogen-bond acceptors (Lipinski definition) is 5. The van der Waals surface area contributed by atoms with Crippen LogP contribution < -0.4 is 10.2 Å². The van der Waals surface area contributed by atoms with Gasteiger partial charge in [-0.05, 0) is 31.0 Å². The molecule has 2 amide bonds. The third-order valence-corrected chi connectivity index (χ3v) is 6.34. The predicted molar refractivity (Wildman–Crippen MR) is 108 cm³/mol. The summed E-state index contributed by atoms with van der Waals surface area (Å²) < 4.78 is 50.3. The summed E-state index contributed by atoms with van der Waals surface area (Å²) in [6.45, 7) is 0.126. The van der Waals surface area contributed by atoms with Crippen molar-refractivity contribution in [2.45, 2.75) is 31.6 Å². The van der Waals surface area contributed by atoms with E-state index in [9.17, 15) is 26.8 Å². The van der Waals surface area contributed by atoms with Crippen molar-refractivity contribution in [1.29, 1.82) is 0 Å². The van der Waals surface area contributed by atoms with Crippen LogP contribution in [0.1, 0.15) is 36.0 Å². The monoisotopic (exact) mass is 437 g/mol. The van der Waals surface area contributed by atoms with Crippen molar-refractivity contribution in [1.82, 2.24) is 4.90 Å². The highest BCUT2D eigenvalue weighted by molar-refractivity contribution is 7.97. The number of carbonyl (C=O) groups excluding carboxylic acids is 2. The predicted octanol–water partition coefficient (Wildman–Crippen LogP) is 3.08. The maximum absolute atomic E-state index is 13.6. The van der Waals surface area contributed by atoms with Crippen molar-refractivity contribution >= 4 is 33.0 Å². The molecule has 3 aliphatic rings. The molecule has 160 valence electrons. The average molecular weight is 437 g/mol. The first kappa shape index (κ1) is 20.5. The lowest BCUT2D eigenvalue weighted by atomic mass is 10.0. The van der Waals surface area contributed by atoms with Crippen molar-refractivity contribution in [3.63, 3.8) is 0 Å². The third-order valence-electron chi connectivity index (χ3n) is 5.34. The molecule has 2 fully saturated rings. The number of nitrogens with zero attached hydrogens (tertiary/aromatic N) is 2. The summed E-state index contributed by atoms with van der Waals surface area (Å²) in [6, 6.07) is 4.73. The second-order valence-electron chi connectivity index (χ2n) is 7.71. The molecule has 1 aromatic rings. The van der Waals surface area contributed by atoms with Gasteiger partial charge in [-0.25, -0.2) is 17.2 Å². The number of anilines is 2. The second kappa shape index (κ2) is 7.50. The topological polar surface area (TPSA) is 86.8 Å². The Kier molecular flexibility index (Phi) is 5.13. The molecule has 1 saturated carbocycles. The van der Waals surface area contributed by atoms with Gasteiger partial charge in [0.05, 0.1) is 22.1 Å². The van der Waals surface area contributed by atoms with Crippen LogP contribution in [-0.2, 0) is 14.6 Å². The molecule has 1 N–H and O–H groups in total. The molecule has 10 heteroatoms. The smallest absolute Gasteiger partial charge is 0.263 e. The van der Waals surface area contributed by atoms with Crippen molar-refractivity contribution < 1.29 is 26.8 Å². The molecule has 0 spiro atoms. The van der Waals surface area contributed by atoms with Crippen LogP contribution in [0.3, 0.4) is 0 Å². The van der Waals surface area contributed by atoms with Gasteiger partial charge in [-0.3, -0.25) is 14.5 Å². The molecule has 0 radical (unpaired) electrons. The second-order valence-corrected chi connectivity index (χ2v) is 9.43. The minimum absolute atomic E-state index is 0.00555. The molecule has 4 rings (SSSR count). The SMILES string of the molecule is O=C(Nc1ccc(C(=O)N2C=CS(=O)(=O)C=C2)c(N2CCC(F)(F)CC2)c1)C1CC1. The number of amides is 2. The van der Waals surface area contributed by atoms with Crippen LogP contribution >= 0.6 is 0 Å². The molecule has 0 aromatic heterocycles. The van der Waals surface area contributed by atoms with Crippen molar-refractivity contribution in [2.24, 2.45) is 5.92 Å². The Morgan fingerprint density at radius 3 is 2.30 bits per heavy atom. The highest BCUT2D eigenvalue weighted by atomic mass is 32.2. The van der Waals surface area contributed by atoms with Gasteiger partial charge in [0.1, 0.15) is 0 Å². The number of carbonyl (C=O) groups is 2. The Bertz CT molecular complexity index is 1020.